The Kier molecular flexibility index (Phi) is 8.94. The first-order valence-electron chi connectivity index (χ1n) is 21.0. The average Bonchev–Trinajstić information content (AvgIpc) is 3.94. The Morgan fingerprint density at radius 2 is 0.873 bits per heavy atom. The Morgan fingerprint density at radius 1 is 0.365 bits per heavy atom. The fourth-order valence-electron chi connectivity index (χ4n) is 8.70. The van der Waals surface area contributed by atoms with Gasteiger partial charge in [0.15, 0.2) is 17.5 Å². The predicted molar refractivity (Wildman–Crippen MR) is 262 cm³/mol. The molecule has 0 aliphatic heterocycles. The van der Waals surface area contributed by atoms with E-state index in [-0.39, 0.29) is 0 Å². The number of hydrogen-bond donors (Lipinski definition) is 0. The molecule has 0 fully saturated rings. The van der Waals surface area contributed by atoms with E-state index in [0.717, 1.165) is 71.5 Å². The summed E-state index contributed by atoms with van der Waals surface area (Å²) in [6.45, 7) is 0. The Balaban J connectivity index is 1.10. The van der Waals surface area contributed by atoms with E-state index in [9.17, 15) is 0 Å². The molecule has 0 spiro atoms. The number of fused-ring (bicyclic) bond motifs is 6. The van der Waals surface area contributed by atoms with Crippen LogP contribution in [0.2, 0.25) is 0 Å². The lowest BCUT2D eigenvalue weighted by Gasteiger charge is -2.27. The molecule has 0 atom stereocenters. The van der Waals surface area contributed by atoms with Gasteiger partial charge in [0.2, 0.25) is 0 Å². The van der Waals surface area contributed by atoms with Gasteiger partial charge in [-0.15, -0.1) is 11.3 Å². The van der Waals surface area contributed by atoms with Gasteiger partial charge in [-0.05, 0) is 76.9 Å². The van der Waals surface area contributed by atoms with Crippen molar-refractivity contribution in [3.63, 3.8) is 0 Å². The monoisotopic (exact) mass is 824 g/mol. The molecule has 0 bridgehead atoms. The van der Waals surface area contributed by atoms with Gasteiger partial charge in [-0.25, -0.2) is 15.0 Å². The van der Waals surface area contributed by atoms with E-state index in [1.54, 1.807) is 11.3 Å². The summed E-state index contributed by atoms with van der Waals surface area (Å²) in [4.78, 5) is 18.1. The number of furan rings is 1. The number of para-hydroxylation sites is 2. The van der Waals surface area contributed by atoms with Crippen LogP contribution in [0.25, 0.3) is 98.5 Å². The van der Waals surface area contributed by atoms with Gasteiger partial charge in [-0.3, -0.25) is 0 Å². The number of nitrogens with zero attached hydrogens (tertiary/aromatic N) is 4. The molecule has 0 aliphatic carbocycles. The van der Waals surface area contributed by atoms with Gasteiger partial charge in [0.05, 0.1) is 11.3 Å². The molecule has 6 heteroatoms. The number of anilines is 3. The topological polar surface area (TPSA) is 55.1 Å². The van der Waals surface area contributed by atoms with E-state index in [4.69, 9.17) is 19.4 Å². The molecule has 3 heterocycles. The fraction of sp³-hybridized carbons (Fsp3) is 0. The standard InChI is InChI=1S/C57H36N4OS/c1-4-15-37(16-5-1)39-27-31-43(32-28-39)61(44-33-29-40(30-34-44)38-17-6-2-7-18-38)49-35-42(36-52-53(49)47-22-11-13-26-51(47)63-52)56-58-55(41-19-8-3-9-20-41)59-57(60-56)48-24-14-23-46-45-21-10-12-25-50(45)62-54(46)48/h1-36H. The van der Waals surface area contributed by atoms with E-state index in [2.05, 4.69) is 169 Å². The summed E-state index contributed by atoms with van der Waals surface area (Å²) in [5.41, 5.74) is 11.9. The molecule has 5 nitrogen and oxygen atoms in total. The molecule has 0 saturated heterocycles. The molecule has 0 amide bonds. The first kappa shape index (κ1) is 36.6. The first-order chi connectivity index (χ1) is 31.2. The van der Waals surface area contributed by atoms with Crippen molar-refractivity contribution in [2.24, 2.45) is 0 Å². The number of rotatable bonds is 8. The van der Waals surface area contributed by atoms with Gasteiger partial charge in [-0.2, -0.15) is 0 Å². The van der Waals surface area contributed by atoms with Crippen molar-refractivity contribution in [1.29, 1.82) is 0 Å². The molecule has 12 aromatic rings. The van der Waals surface area contributed by atoms with Crippen molar-refractivity contribution >= 4 is 70.5 Å². The zero-order valence-corrected chi connectivity index (χ0v) is 34.7. The summed E-state index contributed by atoms with van der Waals surface area (Å²) in [6.07, 6.45) is 0. The number of aromatic nitrogens is 3. The van der Waals surface area contributed by atoms with Crippen molar-refractivity contribution in [3.8, 4) is 56.4 Å². The van der Waals surface area contributed by atoms with E-state index in [1.165, 1.54) is 26.6 Å². The van der Waals surface area contributed by atoms with Crippen LogP contribution >= 0.6 is 11.3 Å². The van der Waals surface area contributed by atoms with Crippen LogP contribution in [0, 0.1) is 0 Å². The fourth-order valence-corrected chi connectivity index (χ4v) is 9.86. The van der Waals surface area contributed by atoms with Gasteiger partial charge in [-0.1, -0.05) is 164 Å². The Morgan fingerprint density at radius 3 is 1.52 bits per heavy atom. The molecule has 0 unspecified atom stereocenters. The molecule has 0 saturated carbocycles. The van der Waals surface area contributed by atoms with Crippen LogP contribution in [-0.2, 0) is 0 Å². The molecule has 9 aromatic carbocycles. The molecule has 0 radical (unpaired) electrons. The van der Waals surface area contributed by atoms with Gasteiger partial charge in [0, 0.05) is 53.4 Å². The third-order valence-corrected chi connectivity index (χ3v) is 12.9. The van der Waals surface area contributed by atoms with Crippen molar-refractivity contribution in [1.82, 2.24) is 15.0 Å². The maximum Gasteiger partial charge on any atom is 0.167 e. The van der Waals surface area contributed by atoms with E-state index in [1.807, 2.05) is 54.6 Å². The summed E-state index contributed by atoms with van der Waals surface area (Å²) in [5, 5.41) is 4.44. The molecule has 0 N–H and O–H groups in total. The number of thiophene rings is 1. The zero-order valence-electron chi connectivity index (χ0n) is 33.9. The van der Waals surface area contributed by atoms with Gasteiger partial charge in [0.1, 0.15) is 11.2 Å². The highest BCUT2D eigenvalue weighted by atomic mass is 32.1. The molecule has 0 aliphatic rings. The third kappa shape index (κ3) is 6.61. The predicted octanol–water partition coefficient (Wildman–Crippen LogP) is 15.9. The number of benzene rings is 9. The van der Waals surface area contributed by atoms with Crippen LogP contribution in [0.3, 0.4) is 0 Å². The van der Waals surface area contributed by atoms with Crippen LogP contribution in [0.1, 0.15) is 0 Å². The average molecular weight is 825 g/mol. The normalized spacial score (nSPS) is 11.5. The largest absolute Gasteiger partial charge is 0.455 e. The molecular formula is C57H36N4OS. The van der Waals surface area contributed by atoms with Crippen LogP contribution in [0.5, 0.6) is 0 Å². The molecule has 12 rings (SSSR count). The van der Waals surface area contributed by atoms with Gasteiger partial charge in [0.25, 0.3) is 0 Å². The second-order valence-corrected chi connectivity index (χ2v) is 16.7. The van der Waals surface area contributed by atoms with Crippen LogP contribution in [0.15, 0.2) is 223 Å². The lowest BCUT2D eigenvalue weighted by molar-refractivity contribution is 0.669. The smallest absolute Gasteiger partial charge is 0.167 e. The van der Waals surface area contributed by atoms with E-state index in [0.29, 0.717) is 17.5 Å². The summed E-state index contributed by atoms with van der Waals surface area (Å²) >= 11 is 1.78. The molecule has 3 aromatic heterocycles. The third-order valence-electron chi connectivity index (χ3n) is 11.7. The maximum atomic E-state index is 6.54. The minimum absolute atomic E-state index is 0.548. The van der Waals surface area contributed by atoms with E-state index < -0.39 is 0 Å². The van der Waals surface area contributed by atoms with Crippen molar-refractivity contribution in [3.05, 3.63) is 218 Å². The summed E-state index contributed by atoms with van der Waals surface area (Å²) < 4.78 is 8.88. The maximum absolute atomic E-state index is 6.54. The van der Waals surface area contributed by atoms with Gasteiger partial charge >= 0.3 is 0 Å². The van der Waals surface area contributed by atoms with E-state index >= 15 is 0 Å². The van der Waals surface area contributed by atoms with Crippen molar-refractivity contribution in [2.45, 2.75) is 0 Å². The summed E-state index contributed by atoms with van der Waals surface area (Å²) in [7, 11) is 0. The quantitative estimate of drug-likeness (QED) is 0.153. The highest BCUT2D eigenvalue weighted by Gasteiger charge is 2.23. The van der Waals surface area contributed by atoms with Crippen LogP contribution in [-0.4, -0.2) is 15.0 Å². The second-order valence-electron chi connectivity index (χ2n) is 15.6. The Bertz CT molecular complexity index is 3520. The van der Waals surface area contributed by atoms with Crippen LogP contribution < -0.4 is 4.90 Å². The lowest BCUT2D eigenvalue weighted by Crippen LogP contribution is -2.11. The number of hydrogen-bond acceptors (Lipinski definition) is 6. The molecule has 296 valence electrons. The zero-order chi connectivity index (χ0) is 41.7. The van der Waals surface area contributed by atoms with Crippen LogP contribution in [0.4, 0.5) is 17.1 Å². The minimum atomic E-state index is 0.548. The Hall–Kier alpha value is -8.19. The highest BCUT2D eigenvalue weighted by Crippen LogP contribution is 2.47. The Labute approximate surface area is 367 Å². The van der Waals surface area contributed by atoms with Gasteiger partial charge < -0.3 is 9.32 Å². The second kappa shape index (κ2) is 15.4. The van der Waals surface area contributed by atoms with Crippen molar-refractivity contribution in [2.75, 3.05) is 4.90 Å². The van der Waals surface area contributed by atoms with Crippen molar-refractivity contribution < 1.29 is 4.42 Å². The minimum Gasteiger partial charge on any atom is -0.455 e. The summed E-state index contributed by atoms with van der Waals surface area (Å²) in [5.74, 6) is 1.71. The summed E-state index contributed by atoms with van der Waals surface area (Å²) in [6, 6.07) is 76.5. The SMILES string of the molecule is c1ccc(-c2ccc(N(c3ccc(-c4ccccc4)cc3)c3cc(-c4nc(-c5ccccc5)nc(-c5cccc6c5oc5ccccc56)n4)cc4sc5ccccc5c34)cc2)cc1. The lowest BCUT2D eigenvalue weighted by atomic mass is 10.0. The molecule has 63 heavy (non-hydrogen) atoms. The first-order valence-corrected chi connectivity index (χ1v) is 21.8. The highest BCUT2D eigenvalue weighted by molar-refractivity contribution is 7.26. The molecular weight excluding hydrogens is 789 g/mol.